The van der Waals surface area contributed by atoms with E-state index in [4.69, 9.17) is 4.74 Å². The number of carbonyl (C=O) groups excluding carboxylic acids is 2. The third kappa shape index (κ3) is 5.57. The molecule has 0 saturated heterocycles. The summed E-state index contributed by atoms with van der Waals surface area (Å²) in [5.74, 6) is -3.29. The normalized spacial score (nSPS) is 11.4. The van der Waals surface area contributed by atoms with Gasteiger partial charge in [0.25, 0.3) is 5.91 Å². The smallest absolute Gasteiger partial charge is 0.255 e. The van der Waals surface area contributed by atoms with Crippen molar-refractivity contribution in [1.29, 1.82) is 0 Å². The molecule has 0 aliphatic carbocycles. The molecule has 0 spiro atoms. The van der Waals surface area contributed by atoms with Gasteiger partial charge in [0, 0.05) is 23.0 Å². The van der Waals surface area contributed by atoms with E-state index in [2.05, 4.69) is 16.0 Å². The third-order valence-corrected chi connectivity index (χ3v) is 4.50. The minimum absolute atomic E-state index is 0.111. The molecule has 0 aliphatic rings. The third-order valence-electron chi connectivity index (χ3n) is 4.50. The van der Waals surface area contributed by atoms with Crippen molar-refractivity contribution in [3.05, 3.63) is 83.7 Å². The van der Waals surface area contributed by atoms with E-state index in [-0.39, 0.29) is 11.3 Å². The Morgan fingerprint density at radius 3 is 2.31 bits per heavy atom. The maximum atomic E-state index is 13.4. The van der Waals surface area contributed by atoms with Gasteiger partial charge in [-0.2, -0.15) is 0 Å². The fourth-order valence-electron chi connectivity index (χ4n) is 2.86. The highest BCUT2D eigenvalue weighted by Crippen LogP contribution is 2.29. The van der Waals surface area contributed by atoms with Gasteiger partial charge < -0.3 is 20.7 Å². The number of halogens is 3. The van der Waals surface area contributed by atoms with Gasteiger partial charge in [0.1, 0.15) is 17.6 Å². The van der Waals surface area contributed by atoms with Crippen molar-refractivity contribution < 1.29 is 27.5 Å². The molecular weight excluding hydrogens is 423 g/mol. The van der Waals surface area contributed by atoms with Crippen molar-refractivity contribution in [2.45, 2.75) is 13.0 Å². The molecule has 0 aromatic heterocycles. The Labute approximate surface area is 182 Å². The molecule has 32 heavy (non-hydrogen) atoms. The summed E-state index contributed by atoms with van der Waals surface area (Å²) in [6, 6.07) is 12.3. The summed E-state index contributed by atoms with van der Waals surface area (Å²) >= 11 is 0. The SMILES string of the molecule is COc1ccc(NC(C)C(=O)Nc2ccc(F)c(F)c2)cc1NC(=O)c1cccc(F)c1. The van der Waals surface area contributed by atoms with Gasteiger partial charge in [0.05, 0.1) is 12.8 Å². The van der Waals surface area contributed by atoms with Crippen LogP contribution in [-0.4, -0.2) is 25.0 Å². The minimum atomic E-state index is -1.07. The highest BCUT2D eigenvalue weighted by molar-refractivity contribution is 6.05. The molecule has 3 N–H and O–H groups in total. The first-order valence-electron chi connectivity index (χ1n) is 9.54. The standard InChI is InChI=1S/C23H20F3N3O3/c1-13(22(30)28-16-6-8-18(25)19(26)11-16)27-17-7-9-21(32-2)20(12-17)29-23(31)14-4-3-5-15(24)10-14/h3-13,27H,1-2H3,(H,28,30)(H,29,31). The van der Waals surface area contributed by atoms with E-state index < -0.39 is 35.3 Å². The fourth-order valence-corrected chi connectivity index (χ4v) is 2.86. The number of ether oxygens (including phenoxy) is 1. The van der Waals surface area contributed by atoms with Gasteiger partial charge in [-0.3, -0.25) is 9.59 Å². The van der Waals surface area contributed by atoms with Crippen LogP contribution in [0, 0.1) is 17.5 Å². The van der Waals surface area contributed by atoms with Crippen LogP contribution in [0.25, 0.3) is 0 Å². The lowest BCUT2D eigenvalue weighted by molar-refractivity contribution is -0.116. The first-order valence-corrected chi connectivity index (χ1v) is 9.54. The summed E-state index contributed by atoms with van der Waals surface area (Å²) < 4.78 is 45.0. The van der Waals surface area contributed by atoms with Crippen LogP contribution < -0.4 is 20.7 Å². The number of benzene rings is 3. The summed E-state index contributed by atoms with van der Waals surface area (Å²) in [6.07, 6.45) is 0. The first-order chi connectivity index (χ1) is 15.3. The van der Waals surface area contributed by atoms with Gasteiger partial charge in [-0.1, -0.05) is 6.07 Å². The van der Waals surface area contributed by atoms with Gasteiger partial charge in [-0.25, -0.2) is 13.2 Å². The minimum Gasteiger partial charge on any atom is -0.495 e. The van der Waals surface area contributed by atoms with Crippen LogP contribution in [0.3, 0.4) is 0 Å². The van der Waals surface area contributed by atoms with Crippen LogP contribution in [0.4, 0.5) is 30.2 Å². The quantitative estimate of drug-likeness (QED) is 0.490. The average molecular weight is 443 g/mol. The summed E-state index contributed by atoms with van der Waals surface area (Å²) in [6.45, 7) is 1.57. The maximum absolute atomic E-state index is 13.4. The molecule has 0 aliphatic heterocycles. The number of hydrogen-bond acceptors (Lipinski definition) is 4. The van der Waals surface area contributed by atoms with E-state index in [1.807, 2.05) is 0 Å². The van der Waals surface area contributed by atoms with Crippen LogP contribution in [-0.2, 0) is 4.79 Å². The largest absolute Gasteiger partial charge is 0.495 e. The van der Waals surface area contributed by atoms with E-state index in [1.54, 1.807) is 25.1 Å². The number of rotatable bonds is 7. The van der Waals surface area contributed by atoms with E-state index in [0.29, 0.717) is 17.1 Å². The molecule has 3 rings (SSSR count). The molecule has 0 heterocycles. The Morgan fingerprint density at radius 1 is 0.875 bits per heavy atom. The van der Waals surface area contributed by atoms with Crippen molar-refractivity contribution in [1.82, 2.24) is 0 Å². The van der Waals surface area contributed by atoms with Crippen LogP contribution in [0.15, 0.2) is 60.7 Å². The molecule has 166 valence electrons. The van der Waals surface area contributed by atoms with Gasteiger partial charge in [-0.05, 0) is 55.5 Å². The Balaban J connectivity index is 1.71. The molecule has 2 amide bonds. The molecule has 6 nitrogen and oxygen atoms in total. The van der Waals surface area contributed by atoms with E-state index in [0.717, 1.165) is 18.2 Å². The van der Waals surface area contributed by atoms with Crippen molar-refractivity contribution in [2.75, 3.05) is 23.1 Å². The second-order valence-corrected chi connectivity index (χ2v) is 6.86. The van der Waals surface area contributed by atoms with E-state index >= 15 is 0 Å². The van der Waals surface area contributed by atoms with Crippen LogP contribution in [0.5, 0.6) is 5.75 Å². The summed E-state index contributed by atoms with van der Waals surface area (Å²) in [7, 11) is 1.43. The highest BCUT2D eigenvalue weighted by Gasteiger charge is 2.16. The Kier molecular flexibility index (Phi) is 6.99. The zero-order valence-corrected chi connectivity index (χ0v) is 17.2. The summed E-state index contributed by atoms with van der Waals surface area (Å²) in [5.41, 5.74) is 1.03. The highest BCUT2D eigenvalue weighted by atomic mass is 19.2. The lowest BCUT2D eigenvalue weighted by Crippen LogP contribution is -2.32. The fraction of sp³-hybridized carbons (Fsp3) is 0.130. The summed E-state index contributed by atoms with van der Waals surface area (Å²) in [4.78, 5) is 24.9. The number of hydrogen-bond donors (Lipinski definition) is 3. The van der Waals surface area contributed by atoms with E-state index in [9.17, 15) is 22.8 Å². The second-order valence-electron chi connectivity index (χ2n) is 6.86. The Hall–Kier alpha value is -4.01. The van der Waals surface area contributed by atoms with Gasteiger partial charge in [0.15, 0.2) is 11.6 Å². The lowest BCUT2D eigenvalue weighted by Gasteiger charge is -2.17. The number of amides is 2. The topological polar surface area (TPSA) is 79.5 Å². The summed E-state index contributed by atoms with van der Waals surface area (Å²) in [5, 5.41) is 8.09. The average Bonchev–Trinajstić information content (AvgIpc) is 2.76. The van der Waals surface area contributed by atoms with Crippen LogP contribution >= 0.6 is 0 Å². The predicted molar refractivity (Wildman–Crippen MR) is 115 cm³/mol. The van der Waals surface area contributed by atoms with Crippen molar-refractivity contribution in [3.63, 3.8) is 0 Å². The van der Waals surface area contributed by atoms with Gasteiger partial charge in [0.2, 0.25) is 5.91 Å². The molecule has 3 aromatic rings. The van der Waals surface area contributed by atoms with Gasteiger partial charge >= 0.3 is 0 Å². The van der Waals surface area contributed by atoms with Crippen molar-refractivity contribution >= 4 is 28.9 Å². The second kappa shape index (κ2) is 9.86. The maximum Gasteiger partial charge on any atom is 0.255 e. The molecule has 1 atom stereocenters. The number of carbonyl (C=O) groups is 2. The molecule has 1 unspecified atom stereocenters. The van der Waals surface area contributed by atoms with E-state index in [1.165, 1.54) is 31.4 Å². The lowest BCUT2D eigenvalue weighted by atomic mass is 10.2. The molecule has 9 heteroatoms. The molecule has 0 radical (unpaired) electrons. The monoisotopic (exact) mass is 443 g/mol. The van der Waals surface area contributed by atoms with Crippen LogP contribution in [0.1, 0.15) is 17.3 Å². The predicted octanol–water partition coefficient (Wildman–Crippen LogP) is 4.80. The zero-order valence-electron chi connectivity index (χ0n) is 17.2. The van der Waals surface area contributed by atoms with Crippen molar-refractivity contribution in [2.24, 2.45) is 0 Å². The molecule has 0 fully saturated rings. The van der Waals surface area contributed by atoms with Crippen molar-refractivity contribution in [3.8, 4) is 5.75 Å². The molecule has 3 aromatic carbocycles. The van der Waals surface area contributed by atoms with Crippen LogP contribution in [0.2, 0.25) is 0 Å². The Bertz CT molecular complexity index is 1150. The number of anilines is 3. The van der Waals surface area contributed by atoms with Gasteiger partial charge in [-0.15, -0.1) is 0 Å². The first kappa shape index (κ1) is 22.7. The Morgan fingerprint density at radius 2 is 1.62 bits per heavy atom. The number of nitrogens with one attached hydrogen (secondary N) is 3. The molecule has 0 saturated carbocycles. The molecule has 0 bridgehead atoms. The number of methoxy groups -OCH3 is 1. The molecular formula is C23H20F3N3O3. The zero-order chi connectivity index (χ0) is 23.3.